The predicted octanol–water partition coefficient (Wildman–Crippen LogP) is 2.50. The summed E-state index contributed by atoms with van der Waals surface area (Å²) >= 11 is 1.26. The number of anilines is 1. The largest absolute Gasteiger partial charge is 0.478 e. The lowest BCUT2D eigenvalue weighted by Gasteiger charge is -2.33. The molecule has 0 bridgehead atoms. The Balaban J connectivity index is 1.81. The quantitative estimate of drug-likeness (QED) is 0.908. The number of amides is 1. The van der Waals surface area contributed by atoms with Crippen molar-refractivity contribution in [2.45, 2.75) is 45.3 Å². The van der Waals surface area contributed by atoms with Crippen molar-refractivity contribution in [1.82, 2.24) is 9.27 Å². The van der Waals surface area contributed by atoms with E-state index in [1.54, 1.807) is 11.1 Å². The number of aromatic nitrogens is 1. The van der Waals surface area contributed by atoms with Gasteiger partial charge in [0.15, 0.2) is 0 Å². The van der Waals surface area contributed by atoms with Crippen LogP contribution in [-0.4, -0.2) is 40.2 Å². The van der Waals surface area contributed by atoms with Gasteiger partial charge in [-0.2, -0.15) is 4.37 Å². The summed E-state index contributed by atoms with van der Waals surface area (Å²) in [5, 5.41) is 0.667. The number of piperidine rings is 1. The zero-order valence-corrected chi connectivity index (χ0v) is 12.9. The van der Waals surface area contributed by atoms with Crippen LogP contribution in [0.3, 0.4) is 0 Å². The number of nitrogens with zero attached hydrogens (tertiary/aromatic N) is 2. The van der Waals surface area contributed by atoms with E-state index < -0.39 is 5.60 Å². The van der Waals surface area contributed by atoms with E-state index in [9.17, 15) is 4.79 Å². The Morgan fingerprint density at radius 3 is 2.60 bits per heavy atom. The SMILES string of the molecule is CC(C)(C)OC(=O)N1CCC(Oc2sncc2N)CC1. The fourth-order valence-corrected chi connectivity index (χ4v) is 2.56. The molecule has 1 aliphatic heterocycles. The van der Waals surface area contributed by atoms with Crippen LogP contribution in [0.25, 0.3) is 0 Å². The molecule has 0 radical (unpaired) electrons. The maximum atomic E-state index is 11.9. The number of rotatable bonds is 2. The van der Waals surface area contributed by atoms with Gasteiger partial charge in [-0.25, -0.2) is 4.79 Å². The number of likely N-dealkylation sites (tertiary alicyclic amines) is 1. The molecule has 112 valence electrons. The molecule has 0 atom stereocenters. The van der Waals surface area contributed by atoms with Gasteiger partial charge < -0.3 is 20.1 Å². The second-order valence-corrected chi connectivity index (χ2v) is 6.62. The van der Waals surface area contributed by atoms with Crippen molar-refractivity contribution in [1.29, 1.82) is 0 Å². The number of carbonyl (C=O) groups is 1. The maximum Gasteiger partial charge on any atom is 0.410 e. The monoisotopic (exact) mass is 299 g/mol. The van der Waals surface area contributed by atoms with E-state index in [-0.39, 0.29) is 12.2 Å². The van der Waals surface area contributed by atoms with Gasteiger partial charge in [-0.15, -0.1) is 0 Å². The molecule has 0 aliphatic carbocycles. The molecule has 2 rings (SSSR count). The zero-order chi connectivity index (χ0) is 14.8. The highest BCUT2D eigenvalue weighted by Crippen LogP contribution is 2.29. The van der Waals surface area contributed by atoms with Gasteiger partial charge in [0.2, 0.25) is 5.06 Å². The second kappa shape index (κ2) is 5.87. The lowest BCUT2D eigenvalue weighted by atomic mass is 10.1. The number of ether oxygens (including phenoxy) is 2. The van der Waals surface area contributed by atoms with Crippen LogP contribution in [0.1, 0.15) is 33.6 Å². The average molecular weight is 299 g/mol. The van der Waals surface area contributed by atoms with Gasteiger partial charge in [0, 0.05) is 37.5 Å². The van der Waals surface area contributed by atoms with E-state index in [0.717, 1.165) is 12.8 Å². The lowest BCUT2D eigenvalue weighted by Crippen LogP contribution is -2.44. The van der Waals surface area contributed by atoms with Crippen molar-refractivity contribution in [2.24, 2.45) is 0 Å². The topological polar surface area (TPSA) is 77.7 Å². The molecule has 1 aromatic rings. The summed E-state index contributed by atoms with van der Waals surface area (Å²) in [6, 6.07) is 0. The Morgan fingerprint density at radius 2 is 2.10 bits per heavy atom. The Morgan fingerprint density at radius 1 is 1.45 bits per heavy atom. The van der Waals surface area contributed by atoms with Gasteiger partial charge in [0.25, 0.3) is 0 Å². The van der Waals surface area contributed by atoms with Crippen molar-refractivity contribution in [3.8, 4) is 5.06 Å². The van der Waals surface area contributed by atoms with Crippen LogP contribution in [0.2, 0.25) is 0 Å². The van der Waals surface area contributed by atoms with Crippen LogP contribution in [0.4, 0.5) is 10.5 Å². The van der Waals surface area contributed by atoms with Gasteiger partial charge in [-0.1, -0.05) is 0 Å². The van der Waals surface area contributed by atoms with E-state index in [2.05, 4.69) is 4.37 Å². The smallest absolute Gasteiger partial charge is 0.410 e. The summed E-state index contributed by atoms with van der Waals surface area (Å²) in [4.78, 5) is 13.6. The Bertz CT molecular complexity index is 462. The number of carbonyl (C=O) groups excluding carboxylic acids is 1. The van der Waals surface area contributed by atoms with E-state index in [1.165, 1.54) is 11.5 Å². The van der Waals surface area contributed by atoms with Gasteiger partial charge in [-0.3, -0.25) is 0 Å². The normalized spacial score (nSPS) is 17.1. The third kappa shape index (κ3) is 4.00. The molecule has 2 N–H and O–H groups in total. The van der Waals surface area contributed by atoms with Gasteiger partial charge in [-0.05, 0) is 20.8 Å². The maximum absolute atomic E-state index is 11.9. The summed E-state index contributed by atoms with van der Waals surface area (Å²) in [5.41, 5.74) is 5.86. The van der Waals surface area contributed by atoms with Crippen molar-refractivity contribution in [3.63, 3.8) is 0 Å². The standard InChI is InChI=1S/C13H21N3O3S/c1-13(2,3)19-12(17)16-6-4-9(5-7-16)18-11-10(14)8-15-20-11/h8-9H,4-7,14H2,1-3H3. The van der Waals surface area contributed by atoms with Crippen LogP contribution in [-0.2, 0) is 4.74 Å². The molecule has 1 saturated heterocycles. The van der Waals surface area contributed by atoms with Crippen molar-refractivity contribution in [3.05, 3.63) is 6.20 Å². The first kappa shape index (κ1) is 14.9. The molecular formula is C13H21N3O3S. The van der Waals surface area contributed by atoms with Gasteiger partial charge in [0.05, 0.1) is 6.20 Å². The molecule has 6 nitrogen and oxygen atoms in total. The Kier molecular flexibility index (Phi) is 4.37. The fourth-order valence-electron chi connectivity index (χ4n) is 1.96. The third-order valence-electron chi connectivity index (χ3n) is 2.93. The number of nitrogens with two attached hydrogens (primary N) is 1. The molecule has 20 heavy (non-hydrogen) atoms. The zero-order valence-electron chi connectivity index (χ0n) is 12.1. The average Bonchev–Trinajstić information content (AvgIpc) is 2.74. The number of hydrogen-bond acceptors (Lipinski definition) is 6. The minimum atomic E-state index is -0.457. The van der Waals surface area contributed by atoms with Crippen molar-refractivity contribution >= 4 is 23.3 Å². The first-order chi connectivity index (χ1) is 9.35. The van der Waals surface area contributed by atoms with Crippen molar-refractivity contribution in [2.75, 3.05) is 18.8 Å². The number of hydrogen-bond donors (Lipinski definition) is 1. The molecule has 1 aliphatic rings. The van der Waals surface area contributed by atoms with Crippen LogP contribution in [0, 0.1) is 0 Å². The summed E-state index contributed by atoms with van der Waals surface area (Å²) in [6.07, 6.45) is 2.97. The first-order valence-corrected chi connectivity index (χ1v) is 7.47. The molecule has 7 heteroatoms. The first-order valence-electron chi connectivity index (χ1n) is 6.70. The van der Waals surface area contributed by atoms with E-state index in [4.69, 9.17) is 15.2 Å². The van der Waals surface area contributed by atoms with Gasteiger partial charge in [0.1, 0.15) is 17.4 Å². The molecule has 1 fully saturated rings. The lowest BCUT2D eigenvalue weighted by molar-refractivity contribution is 0.0130. The van der Waals surface area contributed by atoms with Crippen LogP contribution in [0.15, 0.2) is 6.20 Å². The third-order valence-corrected chi connectivity index (χ3v) is 3.64. The molecule has 1 aromatic heterocycles. The van der Waals surface area contributed by atoms with Crippen LogP contribution >= 0.6 is 11.5 Å². The highest BCUT2D eigenvalue weighted by atomic mass is 32.1. The summed E-state index contributed by atoms with van der Waals surface area (Å²) in [5.74, 6) is 0. The Labute approximate surface area is 123 Å². The van der Waals surface area contributed by atoms with Gasteiger partial charge >= 0.3 is 6.09 Å². The summed E-state index contributed by atoms with van der Waals surface area (Å²) < 4.78 is 15.1. The van der Waals surface area contributed by atoms with Crippen LogP contribution < -0.4 is 10.5 Å². The summed E-state index contributed by atoms with van der Waals surface area (Å²) in [7, 11) is 0. The fraction of sp³-hybridized carbons (Fsp3) is 0.692. The molecule has 2 heterocycles. The second-order valence-electron chi connectivity index (χ2n) is 5.85. The van der Waals surface area contributed by atoms with E-state index in [1.807, 2.05) is 20.8 Å². The van der Waals surface area contributed by atoms with E-state index in [0.29, 0.717) is 23.8 Å². The summed E-state index contributed by atoms with van der Waals surface area (Å²) in [6.45, 7) is 6.88. The molecule has 0 aromatic carbocycles. The molecule has 1 amide bonds. The van der Waals surface area contributed by atoms with Crippen LogP contribution in [0.5, 0.6) is 5.06 Å². The molecule has 0 unspecified atom stereocenters. The molecular weight excluding hydrogens is 278 g/mol. The Hall–Kier alpha value is -1.50. The van der Waals surface area contributed by atoms with E-state index >= 15 is 0 Å². The van der Waals surface area contributed by atoms with Crippen molar-refractivity contribution < 1.29 is 14.3 Å². The molecule has 0 spiro atoms. The molecule has 0 saturated carbocycles. The predicted molar refractivity (Wildman–Crippen MR) is 78.0 cm³/mol. The minimum absolute atomic E-state index is 0.0800. The highest BCUT2D eigenvalue weighted by molar-refractivity contribution is 7.08. The number of nitrogen functional groups attached to an aromatic ring is 1. The highest BCUT2D eigenvalue weighted by Gasteiger charge is 2.28. The minimum Gasteiger partial charge on any atom is -0.478 e.